The second-order valence-electron chi connectivity index (χ2n) is 6.24. The smallest absolute Gasteiger partial charge is 0.254 e. The molecule has 2 N–H and O–H groups in total. The first-order valence-electron chi connectivity index (χ1n) is 7.90. The number of aryl methyl sites for hydroxylation is 2. The van der Waals surface area contributed by atoms with Crippen molar-refractivity contribution in [2.45, 2.75) is 25.4 Å². The molecular weight excluding hydrogens is 352 g/mol. The Bertz CT molecular complexity index is 1250. The molecular formula is C17H16N6O2S. The van der Waals surface area contributed by atoms with Gasteiger partial charge in [-0.1, -0.05) is 11.3 Å². The van der Waals surface area contributed by atoms with Gasteiger partial charge < -0.3 is 0 Å². The van der Waals surface area contributed by atoms with E-state index in [1.54, 1.807) is 16.9 Å². The minimum absolute atomic E-state index is 0.162. The number of nitrogens with zero attached hydrogens (tertiary/aromatic N) is 5. The molecule has 0 amide bonds. The van der Waals surface area contributed by atoms with Gasteiger partial charge >= 0.3 is 0 Å². The Kier molecular flexibility index (Phi) is 3.70. The van der Waals surface area contributed by atoms with Crippen LogP contribution >= 0.6 is 0 Å². The Balaban J connectivity index is 1.82. The molecule has 0 aliphatic heterocycles. The molecule has 0 saturated carbocycles. The number of hydrogen-bond acceptors (Lipinski definition) is 6. The van der Waals surface area contributed by atoms with Crippen LogP contribution in [0.1, 0.15) is 16.7 Å². The molecule has 3 aromatic heterocycles. The van der Waals surface area contributed by atoms with Gasteiger partial charge in [0, 0.05) is 11.6 Å². The highest BCUT2D eigenvalue weighted by Gasteiger charge is 2.13. The summed E-state index contributed by atoms with van der Waals surface area (Å²) in [7, 11) is -3.81. The normalized spacial score (nSPS) is 12.1. The maximum absolute atomic E-state index is 11.3. The molecule has 4 rings (SSSR count). The van der Waals surface area contributed by atoms with E-state index < -0.39 is 10.0 Å². The molecule has 4 aromatic rings. The number of rotatable bonds is 3. The summed E-state index contributed by atoms with van der Waals surface area (Å²) in [6.07, 6.45) is 3.18. The fraction of sp³-hybridized carbons (Fsp3) is 0.176. The van der Waals surface area contributed by atoms with Crippen molar-refractivity contribution in [3.63, 3.8) is 0 Å². The molecule has 26 heavy (non-hydrogen) atoms. The van der Waals surface area contributed by atoms with E-state index in [1.807, 2.05) is 6.07 Å². The highest BCUT2D eigenvalue weighted by molar-refractivity contribution is 7.89. The minimum Gasteiger partial charge on any atom is -0.254 e. The molecule has 0 bridgehead atoms. The molecule has 0 radical (unpaired) electrons. The number of benzene rings is 1. The van der Waals surface area contributed by atoms with Gasteiger partial charge in [-0.15, -0.1) is 5.10 Å². The summed E-state index contributed by atoms with van der Waals surface area (Å²) in [5.74, 6) is 0. The number of pyridine rings is 2. The SMILES string of the molecule is Cc1cc2ncc3nnn(Cc4ccc(S(N)(=O)=O)nc4)c3c2cc1C. The topological polar surface area (TPSA) is 117 Å². The van der Waals surface area contributed by atoms with Crippen LogP contribution in [0.5, 0.6) is 0 Å². The molecule has 0 spiro atoms. The number of fused-ring (bicyclic) bond motifs is 3. The van der Waals surface area contributed by atoms with Gasteiger partial charge in [-0.3, -0.25) is 4.98 Å². The van der Waals surface area contributed by atoms with E-state index in [1.165, 1.54) is 23.4 Å². The largest absolute Gasteiger partial charge is 0.255 e. The van der Waals surface area contributed by atoms with Gasteiger partial charge in [0.05, 0.1) is 18.3 Å². The zero-order chi connectivity index (χ0) is 18.5. The van der Waals surface area contributed by atoms with Crippen LogP contribution in [0.2, 0.25) is 0 Å². The van der Waals surface area contributed by atoms with E-state index in [-0.39, 0.29) is 5.03 Å². The van der Waals surface area contributed by atoms with Crippen LogP contribution in [0.25, 0.3) is 21.9 Å². The first kappa shape index (κ1) is 16.6. The van der Waals surface area contributed by atoms with Crippen LogP contribution in [0.4, 0.5) is 0 Å². The van der Waals surface area contributed by atoms with Crippen molar-refractivity contribution >= 4 is 32.0 Å². The zero-order valence-electron chi connectivity index (χ0n) is 14.2. The number of nitrogens with two attached hydrogens (primary N) is 1. The maximum atomic E-state index is 11.3. The van der Waals surface area contributed by atoms with Crippen LogP contribution < -0.4 is 5.14 Å². The Labute approximate surface area is 149 Å². The third-order valence-corrected chi connectivity index (χ3v) is 5.20. The lowest BCUT2D eigenvalue weighted by atomic mass is 10.1. The minimum atomic E-state index is -3.81. The molecule has 0 saturated heterocycles. The molecule has 1 aromatic carbocycles. The number of primary sulfonamides is 1. The number of hydrogen-bond donors (Lipinski definition) is 1. The highest BCUT2D eigenvalue weighted by atomic mass is 32.2. The van der Waals surface area contributed by atoms with Gasteiger partial charge in [0.15, 0.2) is 5.03 Å². The Hall–Kier alpha value is -2.91. The summed E-state index contributed by atoms with van der Waals surface area (Å²) >= 11 is 0. The molecule has 0 aliphatic rings. The lowest BCUT2D eigenvalue weighted by Gasteiger charge is -2.07. The van der Waals surface area contributed by atoms with Crippen molar-refractivity contribution in [3.05, 3.63) is 53.3 Å². The molecule has 9 heteroatoms. The van der Waals surface area contributed by atoms with Crippen LogP contribution in [0.15, 0.2) is 41.7 Å². The van der Waals surface area contributed by atoms with E-state index in [2.05, 4.69) is 40.2 Å². The van der Waals surface area contributed by atoms with Gasteiger partial charge in [0.2, 0.25) is 0 Å². The predicted octanol–water partition coefficient (Wildman–Crippen LogP) is 1.69. The summed E-state index contributed by atoms with van der Waals surface area (Å²) in [6.45, 7) is 4.51. The zero-order valence-corrected chi connectivity index (χ0v) is 15.0. The summed E-state index contributed by atoms with van der Waals surface area (Å²) in [5.41, 5.74) is 5.60. The molecule has 0 aliphatic carbocycles. The summed E-state index contributed by atoms with van der Waals surface area (Å²) in [5, 5.41) is 14.3. The molecule has 3 heterocycles. The fourth-order valence-corrected chi connectivity index (χ4v) is 3.33. The van der Waals surface area contributed by atoms with E-state index in [9.17, 15) is 8.42 Å². The van der Waals surface area contributed by atoms with E-state index in [0.29, 0.717) is 12.1 Å². The van der Waals surface area contributed by atoms with Crippen LogP contribution in [0.3, 0.4) is 0 Å². The monoisotopic (exact) mass is 368 g/mol. The Morgan fingerprint density at radius 3 is 2.50 bits per heavy atom. The number of sulfonamides is 1. The van der Waals surface area contributed by atoms with Crippen molar-refractivity contribution in [1.29, 1.82) is 0 Å². The third kappa shape index (κ3) is 2.80. The molecule has 0 fully saturated rings. The quantitative estimate of drug-likeness (QED) is 0.588. The molecule has 132 valence electrons. The summed E-state index contributed by atoms with van der Waals surface area (Å²) in [4.78, 5) is 8.37. The average Bonchev–Trinajstić information content (AvgIpc) is 2.99. The Morgan fingerprint density at radius 1 is 1.04 bits per heavy atom. The molecule has 8 nitrogen and oxygen atoms in total. The first-order valence-corrected chi connectivity index (χ1v) is 9.44. The third-order valence-electron chi connectivity index (χ3n) is 4.38. The summed E-state index contributed by atoms with van der Waals surface area (Å²) in [6, 6.07) is 7.18. The fourth-order valence-electron chi connectivity index (χ4n) is 2.87. The van der Waals surface area contributed by atoms with Gasteiger partial charge in [0.25, 0.3) is 10.0 Å². The lowest BCUT2D eigenvalue weighted by molar-refractivity contribution is 0.593. The lowest BCUT2D eigenvalue weighted by Crippen LogP contribution is -2.14. The summed E-state index contributed by atoms with van der Waals surface area (Å²) < 4.78 is 24.4. The first-order chi connectivity index (χ1) is 12.3. The average molecular weight is 368 g/mol. The Morgan fingerprint density at radius 2 is 1.81 bits per heavy atom. The van der Waals surface area contributed by atoms with Crippen molar-refractivity contribution in [1.82, 2.24) is 25.0 Å². The van der Waals surface area contributed by atoms with Crippen molar-refractivity contribution in [2.75, 3.05) is 0 Å². The standard InChI is InChI=1S/C17H16N6O2S/c1-10-5-13-14(6-11(10)2)19-8-15-17(13)23(22-21-15)9-12-3-4-16(20-7-12)26(18,24)25/h3-8H,9H2,1-2H3,(H2,18,24,25). The van der Waals surface area contributed by atoms with Gasteiger partial charge in [-0.25, -0.2) is 23.2 Å². The molecule has 0 unspecified atom stereocenters. The van der Waals surface area contributed by atoms with Gasteiger partial charge in [0.1, 0.15) is 11.0 Å². The van der Waals surface area contributed by atoms with E-state index in [4.69, 9.17) is 5.14 Å². The van der Waals surface area contributed by atoms with E-state index in [0.717, 1.165) is 22.0 Å². The van der Waals surface area contributed by atoms with Crippen molar-refractivity contribution in [3.8, 4) is 0 Å². The second-order valence-corrected chi connectivity index (χ2v) is 7.75. The second kappa shape index (κ2) is 5.82. The van der Waals surface area contributed by atoms with Crippen molar-refractivity contribution in [2.24, 2.45) is 5.14 Å². The number of aromatic nitrogens is 5. The van der Waals surface area contributed by atoms with Gasteiger partial charge in [-0.05, 0) is 48.7 Å². The predicted molar refractivity (Wildman–Crippen MR) is 97.0 cm³/mol. The van der Waals surface area contributed by atoms with Crippen LogP contribution in [-0.4, -0.2) is 33.4 Å². The van der Waals surface area contributed by atoms with Crippen LogP contribution in [-0.2, 0) is 16.6 Å². The maximum Gasteiger partial charge on any atom is 0.255 e. The van der Waals surface area contributed by atoms with E-state index >= 15 is 0 Å². The van der Waals surface area contributed by atoms with Crippen molar-refractivity contribution < 1.29 is 8.42 Å². The molecule has 0 atom stereocenters. The van der Waals surface area contributed by atoms with Gasteiger partial charge in [-0.2, -0.15) is 0 Å². The highest BCUT2D eigenvalue weighted by Crippen LogP contribution is 2.25. The van der Waals surface area contributed by atoms with Crippen LogP contribution in [0, 0.1) is 13.8 Å².